The summed E-state index contributed by atoms with van der Waals surface area (Å²) in [5.41, 5.74) is 0.977. The number of nitrogens with zero attached hydrogens (tertiary/aromatic N) is 1. The Morgan fingerprint density at radius 1 is 1.00 bits per heavy atom. The SMILES string of the molecule is COc1ccc(S(=O)(=O)N(Cc2ccccc2)CC(C)C)cc1. The Morgan fingerprint density at radius 2 is 1.61 bits per heavy atom. The molecular weight excluding hydrogens is 310 g/mol. The molecule has 124 valence electrons. The Morgan fingerprint density at radius 3 is 2.13 bits per heavy atom. The van der Waals surface area contributed by atoms with Gasteiger partial charge in [-0.2, -0.15) is 4.31 Å². The first-order valence-electron chi connectivity index (χ1n) is 7.61. The summed E-state index contributed by atoms with van der Waals surface area (Å²) in [6.07, 6.45) is 0. The lowest BCUT2D eigenvalue weighted by Gasteiger charge is -2.24. The van der Waals surface area contributed by atoms with E-state index in [0.717, 1.165) is 5.56 Å². The fourth-order valence-electron chi connectivity index (χ4n) is 2.34. The average Bonchev–Trinajstić information content (AvgIpc) is 2.55. The van der Waals surface area contributed by atoms with E-state index in [1.165, 1.54) is 4.31 Å². The summed E-state index contributed by atoms with van der Waals surface area (Å²) in [6.45, 7) is 4.87. The van der Waals surface area contributed by atoms with Crippen LogP contribution in [-0.2, 0) is 16.6 Å². The Hall–Kier alpha value is -1.85. The third-order valence-corrected chi connectivity index (χ3v) is 5.29. The van der Waals surface area contributed by atoms with Gasteiger partial charge in [0, 0.05) is 13.1 Å². The molecule has 0 bridgehead atoms. The molecule has 0 aliphatic heterocycles. The van der Waals surface area contributed by atoms with Gasteiger partial charge in [0.05, 0.1) is 12.0 Å². The minimum atomic E-state index is -3.54. The molecule has 23 heavy (non-hydrogen) atoms. The standard InChI is InChI=1S/C18H23NO3S/c1-15(2)13-19(14-16-7-5-4-6-8-16)23(20,21)18-11-9-17(22-3)10-12-18/h4-12,15H,13-14H2,1-3H3. The van der Waals surface area contributed by atoms with Gasteiger partial charge < -0.3 is 4.74 Å². The number of ether oxygens (including phenoxy) is 1. The van der Waals surface area contributed by atoms with Gasteiger partial charge in [-0.25, -0.2) is 8.42 Å². The first-order valence-corrected chi connectivity index (χ1v) is 9.05. The molecule has 0 saturated carbocycles. The van der Waals surface area contributed by atoms with Crippen LogP contribution < -0.4 is 4.74 Å². The lowest BCUT2D eigenvalue weighted by Crippen LogP contribution is -2.33. The summed E-state index contributed by atoms with van der Waals surface area (Å²) in [4.78, 5) is 0.287. The normalized spacial score (nSPS) is 11.9. The summed E-state index contributed by atoms with van der Waals surface area (Å²) < 4.78 is 32.5. The highest BCUT2D eigenvalue weighted by molar-refractivity contribution is 7.89. The van der Waals surface area contributed by atoms with E-state index >= 15 is 0 Å². The van der Waals surface area contributed by atoms with E-state index < -0.39 is 10.0 Å². The van der Waals surface area contributed by atoms with Gasteiger partial charge in [0.1, 0.15) is 5.75 Å². The quantitative estimate of drug-likeness (QED) is 0.778. The highest BCUT2D eigenvalue weighted by Gasteiger charge is 2.25. The maximum atomic E-state index is 13.0. The zero-order valence-electron chi connectivity index (χ0n) is 13.8. The lowest BCUT2D eigenvalue weighted by molar-refractivity contribution is 0.362. The van der Waals surface area contributed by atoms with Gasteiger partial charge in [0.15, 0.2) is 0 Å². The molecule has 0 saturated heterocycles. The summed E-state index contributed by atoms with van der Waals surface area (Å²) in [5.74, 6) is 0.883. The van der Waals surface area contributed by atoms with E-state index in [9.17, 15) is 8.42 Å². The average molecular weight is 333 g/mol. The van der Waals surface area contributed by atoms with Crippen molar-refractivity contribution in [3.63, 3.8) is 0 Å². The number of hydrogen-bond acceptors (Lipinski definition) is 3. The fourth-order valence-corrected chi connectivity index (χ4v) is 3.93. The van der Waals surface area contributed by atoms with E-state index in [1.807, 2.05) is 44.2 Å². The van der Waals surface area contributed by atoms with E-state index in [1.54, 1.807) is 31.4 Å². The van der Waals surface area contributed by atoms with Crippen LogP contribution >= 0.6 is 0 Å². The third-order valence-electron chi connectivity index (χ3n) is 3.47. The molecule has 0 N–H and O–H groups in total. The zero-order chi connectivity index (χ0) is 16.9. The first kappa shape index (κ1) is 17.5. The van der Waals surface area contributed by atoms with Gasteiger partial charge in [-0.3, -0.25) is 0 Å². The monoisotopic (exact) mass is 333 g/mol. The van der Waals surface area contributed by atoms with Gasteiger partial charge in [0.2, 0.25) is 10.0 Å². The summed E-state index contributed by atoms with van der Waals surface area (Å²) >= 11 is 0. The van der Waals surface area contributed by atoms with Crippen molar-refractivity contribution in [2.45, 2.75) is 25.3 Å². The van der Waals surface area contributed by atoms with Gasteiger partial charge in [-0.1, -0.05) is 44.2 Å². The Kier molecular flexibility index (Phi) is 5.80. The molecule has 2 aromatic rings. The van der Waals surface area contributed by atoms with Crippen molar-refractivity contribution in [1.29, 1.82) is 0 Å². The molecule has 0 aliphatic rings. The van der Waals surface area contributed by atoms with Gasteiger partial charge in [-0.15, -0.1) is 0 Å². The Labute approximate surface area is 138 Å². The second-order valence-corrected chi connectivity index (χ2v) is 7.79. The van der Waals surface area contributed by atoms with Crippen LogP contribution in [0.1, 0.15) is 19.4 Å². The van der Waals surface area contributed by atoms with Gasteiger partial charge >= 0.3 is 0 Å². The topological polar surface area (TPSA) is 46.6 Å². The molecule has 0 fully saturated rings. The van der Waals surface area contributed by atoms with Crippen LogP contribution in [-0.4, -0.2) is 26.4 Å². The highest BCUT2D eigenvalue weighted by atomic mass is 32.2. The van der Waals surface area contributed by atoms with Crippen LogP contribution in [0.25, 0.3) is 0 Å². The zero-order valence-corrected chi connectivity index (χ0v) is 14.6. The molecule has 4 nitrogen and oxygen atoms in total. The molecular formula is C18H23NO3S. The second-order valence-electron chi connectivity index (χ2n) is 5.85. The number of rotatable bonds is 7. The molecule has 0 aromatic heterocycles. The molecule has 0 unspecified atom stereocenters. The lowest BCUT2D eigenvalue weighted by atomic mass is 10.2. The van der Waals surface area contributed by atoms with Crippen molar-refractivity contribution in [2.75, 3.05) is 13.7 Å². The fraction of sp³-hybridized carbons (Fsp3) is 0.333. The van der Waals surface area contributed by atoms with Crippen LogP contribution in [0.3, 0.4) is 0 Å². The molecule has 5 heteroatoms. The minimum Gasteiger partial charge on any atom is -0.497 e. The maximum Gasteiger partial charge on any atom is 0.243 e. The summed E-state index contributed by atoms with van der Waals surface area (Å²) in [6, 6.07) is 16.2. The minimum absolute atomic E-state index is 0.242. The molecule has 2 aromatic carbocycles. The Balaban J connectivity index is 2.31. The van der Waals surface area contributed by atoms with Crippen LogP contribution in [0.4, 0.5) is 0 Å². The van der Waals surface area contributed by atoms with Crippen molar-refractivity contribution >= 4 is 10.0 Å². The van der Waals surface area contributed by atoms with Crippen LogP contribution in [0.2, 0.25) is 0 Å². The molecule has 0 radical (unpaired) electrons. The molecule has 0 amide bonds. The second kappa shape index (κ2) is 7.62. The van der Waals surface area contributed by atoms with Crippen LogP contribution in [0, 0.1) is 5.92 Å². The number of methoxy groups -OCH3 is 1. The number of sulfonamides is 1. The largest absolute Gasteiger partial charge is 0.497 e. The predicted octanol–water partition coefficient (Wildman–Crippen LogP) is 3.54. The first-order chi connectivity index (χ1) is 10.9. The van der Waals surface area contributed by atoms with E-state index in [2.05, 4.69) is 0 Å². The van der Waals surface area contributed by atoms with Crippen molar-refractivity contribution < 1.29 is 13.2 Å². The van der Waals surface area contributed by atoms with E-state index in [-0.39, 0.29) is 10.8 Å². The summed E-state index contributed by atoms with van der Waals surface area (Å²) in [5, 5.41) is 0. The summed E-state index contributed by atoms with van der Waals surface area (Å²) in [7, 11) is -1.98. The number of benzene rings is 2. The third kappa shape index (κ3) is 4.56. The number of hydrogen-bond donors (Lipinski definition) is 0. The van der Waals surface area contributed by atoms with Gasteiger partial charge in [-0.05, 0) is 35.7 Å². The van der Waals surface area contributed by atoms with Gasteiger partial charge in [0.25, 0.3) is 0 Å². The smallest absolute Gasteiger partial charge is 0.243 e. The van der Waals surface area contributed by atoms with Crippen molar-refractivity contribution in [2.24, 2.45) is 5.92 Å². The predicted molar refractivity (Wildman–Crippen MR) is 91.9 cm³/mol. The maximum absolute atomic E-state index is 13.0. The molecule has 0 heterocycles. The molecule has 0 atom stereocenters. The van der Waals surface area contributed by atoms with Crippen molar-refractivity contribution in [1.82, 2.24) is 4.31 Å². The molecule has 0 aliphatic carbocycles. The van der Waals surface area contributed by atoms with E-state index in [0.29, 0.717) is 18.8 Å². The van der Waals surface area contributed by atoms with E-state index in [4.69, 9.17) is 4.74 Å². The van der Waals surface area contributed by atoms with Crippen LogP contribution in [0.15, 0.2) is 59.5 Å². The Bertz CT molecular complexity index is 710. The van der Waals surface area contributed by atoms with Crippen molar-refractivity contribution in [3.05, 3.63) is 60.2 Å². The molecule has 0 spiro atoms. The molecule has 2 rings (SSSR count). The highest BCUT2D eigenvalue weighted by Crippen LogP contribution is 2.22. The van der Waals surface area contributed by atoms with Crippen LogP contribution in [0.5, 0.6) is 5.75 Å². The van der Waals surface area contributed by atoms with Crippen molar-refractivity contribution in [3.8, 4) is 5.75 Å².